The Labute approximate surface area is 129 Å². The van der Waals surface area contributed by atoms with Crippen LogP contribution in [0.1, 0.15) is 25.5 Å². The van der Waals surface area contributed by atoms with E-state index in [0.717, 1.165) is 25.2 Å². The quantitative estimate of drug-likeness (QED) is 0.791. The van der Waals surface area contributed by atoms with Gasteiger partial charge in [0.25, 0.3) is 0 Å². The van der Waals surface area contributed by atoms with Crippen LogP contribution in [0.25, 0.3) is 0 Å². The number of likely N-dealkylation sites (N-methyl/N-ethyl adjacent to an activating group) is 1. The van der Waals surface area contributed by atoms with E-state index in [2.05, 4.69) is 31.1 Å². The van der Waals surface area contributed by atoms with Crippen LogP contribution in [0.3, 0.4) is 0 Å². The first-order chi connectivity index (χ1) is 9.78. The smallest absolute Gasteiger partial charge is 0.242 e. The Kier molecular flexibility index (Phi) is 6.80. The maximum Gasteiger partial charge on any atom is 0.242 e. The topological polar surface area (TPSA) is 52.7 Å². The molecule has 0 saturated heterocycles. The van der Waals surface area contributed by atoms with Gasteiger partial charge in [-0.05, 0) is 38.2 Å². The van der Waals surface area contributed by atoms with Crippen LogP contribution < -0.4 is 5.32 Å². The average molecular weight is 313 g/mol. The number of nitrogens with zero attached hydrogens (tertiary/aromatic N) is 2. The first-order valence-corrected chi connectivity index (χ1v) is 8.67. The van der Waals surface area contributed by atoms with Crippen LogP contribution in [0.4, 0.5) is 0 Å². The molecule has 120 valence electrons. The predicted molar refractivity (Wildman–Crippen MR) is 86.9 cm³/mol. The molecule has 0 fully saturated rings. The lowest BCUT2D eigenvalue weighted by molar-refractivity contribution is 0.342. The lowest BCUT2D eigenvalue weighted by atomic mass is 10.1. The molecule has 0 aliphatic carbocycles. The lowest BCUT2D eigenvalue weighted by Gasteiger charge is -2.18. The van der Waals surface area contributed by atoms with Crippen LogP contribution in [0.15, 0.2) is 29.2 Å². The van der Waals surface area contributed by atoms with Crippen LogP contribution in [0.5, 0.6) is 0 Å². The summed E-state index contributed by atoms with van der Waals surface area (Å²) in [5.41, 5.74) is 1.09. The van der Waals surface area contributed by atoms with Gasteiger partial charge >= 0.3 is 0 Å². The van der Waals surface area contributed by atoms with Gasteiger partial charge in [0.15, 0.2) is 0 Å². The zero-order chi connectivity index (χ0) is 16.0. The van der Waals surface area contributed by atoms with E-state index in [1.807, 2.05) is 12.1 Å². The van der Waals surface area contributed by atoms with Gasteiger partial charge in [0.05, 0.1) is 4.90 Å². The minimum atomic E-state index is -3.34. The Morgan fingerprint density at radius 3 is 2.19 bits per heavy atom. The van der Waals surface area contributed by atoms with Crippen molar-refractivity contribution in [2.24, 2.45) is 0 Å². The highest BCUT2D eigenvalue weighted by Crippen LogP contribution is 2.17. The van der Waals surface area contributed by atoms with Gasteiger partial charge in [-0.15, -0.1) is 0 Å². The SMILES string of the molecule is CCN(C)CCNC(C)c1ccc(S(=O)(=O)N(C)C)cc1. The van der Waals surface area contributed by atoms with E-state index in [1.165, 1.54) is 18.4 Å². The van der Waals surface area contributed by atoms with Gasteiger partial charge < -0.3 is 10.2 Å². The first kappa shape index (κ1) is 18.1. The molecule has 0 aliphatic rings. The summed E-state index contributed by atoms with van der Waals surface area (Å²) in [5.74, 6) is 0. The van der Waals surface area contributed by atoms with Gasteiger partial charge in [-0.25, -0.2) is 12.7 Å². The van der Waals surface area contributed by atoms with Crippen LogP contribution in [-0.4, -0.2) is 58.4 Å². The molecule has 0 saturated carbocycles. The van der Waals surface area contributed by atoms with Crippen molar-refractivity contribution in [3.05, 3.63) is 29.8 Å². The minimum Gasteiger partial charge on any atom is -0.309 e. The maximum absolute atomic E-state index is 12.0. The number of hydrogen-bond donors (Lipinski definition) is 1. The molecule has 0 spiro atoms. The number of rotatable bonds is 8. The molecule has 1 atom stereocenters. The fourth-order valence-electron chi connectivity index (χ4n) is 1.89. The third kappa shape index (κ3) is 5.07. The summed E-state index contributed by atoms with van der Waals surface area (Å²) in [6, 6.07) is 7.28. The molecule has 21 heavy (non-hydrogen) atoms. The Hall–Kier alpha value is -0.950. The van der Waals surface area contributed by atoms with Crippen molar-refractivity contribution in [1.82, 2.24) is 14.5 Å². The van der Waals surface area contributed by atoms with Crippen molar-refractivity contribution in [1.29, 1.82) is 0 Å². The second kappa shape index (κ2) is 7.89. The predicted octanol–water partition coefficient (Wildman–Crippen LogP) is 1.54. The fraction of sp³-hybridized carbons (Fsp3) is 0.600. The molecule has 0 aliphatic heterocycles. The molecule has 1 unspecified atom stereocenters. The summed E-state index contributed by atoms with van der Waals surface area (Å²) >= 11 is 0. The monoisotopic (exact) mass is 313 g/mol. The molecule has 0 bridgehead atoms. The largest absolute Gasteiger partial charge is 0.309 e. The zero-order valence-corrected chi connectivity index (χ0v) is 14.4. The Morgan fingerprint density at radius 2 is 1.71 bits per heavy atom. The standard InChI is InChI=1S/C15H27N3O2S/c1-6-18(5)12-11-16-13(2)14-7-9-15(10-8-14)21(19,20)17(3)4/h7-10,13,16H,6,11-12H2,1-5H3. The molecule has 1 N–H and O–H groups in total. The Balaban J connectivity index is 2.66. The summed E-state index contributed by atoms with van der Waals surface area (Å²) in [6.07, 6.45) is 0. The van der Waals surface area contributed by atoms with E-state index in [4.69, 9.17) is 0 Å². The van der Waals surface area contributed by atoms with Gasteiger partial charge in [-0.3, -0.25) is 0 Å². The van der Waals surface area contributed by atoms with Crippen molar-refractivity contribution in [3.8, 4) is 0 Å². The van der Waals surface area contributed by atoms with E-state index < -0.39 is 10.0 Å². The number of sulfonamides is 1. The molecule has 5 nitrogen and oxygen atoms in total. The van der Waals surface area contributed by atoms with Gasteiger partial charge in [0.2, 0.25) is 10.0 Å². The normalized spacial score (nSPS) is 13.9. The summed E-state index contributed by atoms with van der Waals surface area (Å²) in [5, 5.41) is 3.44. The Bertz CT molecular complexity index is 526. The van der Waals surface area contributed by atoms with Crippen molar-refractivity contribution in [3.63, 3.8) is 0 Å². The highest BCUT2D eigenvalue weighted by atomic mass is 32.2. The molecule has 0 amide bonds. The third-order valence-corrected chi connectivity index (χ3v) is 5.47. The first-order valence-electron chi connectivity index (χ1n) is 7.23. The summed E-state index contributed by atoms with van der Waals surface area (Å²) in [4.78, 5) is 2.57. The van der Waals surface area contributed by atoms with Gasteiger partial charge in [-0.1, -0.05) is 19.1 Å². The van der Waals surface area contributed by atoms with Gasteiger partial charge in [0, 0.05) is 33.2 Å². The molecule has 6 heteroatoms. The van der Waals surface area contributed by atoms with E-state index in [1.54, 1.807) is 12.1 Å². The van der Waals surface area contributed by atoms with E-state index in [9.17, 15) is 8.42 Å². The molecule has 0 radical (unpaired) electrons. The van der Waals surface area contributed by atoms with E-state index in [-0.39, 0.29) is 6.04 Å². The second-order valence-corrected chi connectivity index (χ2v) is 7.58. The van der Waals surface area contributed by atoms with Crippen molar-refractivity contribution in [2.75, 3.05) is 40.8 Å². The zero-order valence-electron chi connectivity index (χ0n) is 13.6. The molecule has 1 aromatic rings. The number of benzene rings is 1. The van der Waals surface area contributed by atoms with Crippen LogP contribution in [0.2, 0.25) is 0 Å². The number of hydrogen-bond acceptors (Lipinski definition) is 4. The van der Waals surface area contributed by atoms with Crippen LogP contribution in [0, 0.1) is 0 Å². The highest BCUT2D eigenvalue weighted by molar-refractivity contribution is 7.89. The number of nitrogens with one attached hydrogen (secondary N) is 1. The Morgan fingerprint density at radius 1 is 1.14 bits per heavy atom. The lowest BCUT2D eigenvalue weighted by Crippen LogP contribution is -2.30. The van der Waals surface area contributed by atoms with Crippen LogP contribution >= 0.6 is 0 Å². The van der Waals surface area contributed by atoms with Crippen molar-refractivity contribution in [2.45, 2.75) is 24.8 Å². The second-order valence-electron chi connectivity index (χ2n) is 5.43. The molecule has 0 heterocycles. The maximum atomic E-state index is 12.0. The minimum absolute atomic E-state index is 0.200. The average Bonchev–Trinajstić information content (AvgIpc) is 2.46. The van der Waals surface area contributed by atoms with E-state index >= 15 is 0 Å². The van der Waals surface area contributed by atoms with Gasteiger partial charge in [0.1, 0.15) is 0 Å². The van der Waals surface area contributed by atoms with Crippen molar-refractivity contribution < 1.29 is 8.42 Å². The molecular weight excluding hydrogens is 286 g/mol. The highest BCUT2D eigenvalue weighted by Gasteiger charge is 2.17. The third-order valence-electron chi connectivity index (χ3n) is 3.64. The van der Waals surface area contributed by atoms with Gasteiger partial charge in [-0.2, -0.15) is 0 Å². The van der Waals surface area contributed by atoms with E-state index in [0.29, 0.717) is 4.90 Å². The van der Waals surface area contributed by atoms with Crippen LogP contribution in [-0.2, 0) is 10.0 Å². The summed E-state index contributed by atoms with van der Waals surface area (Å²) < 4.78 is 25.2. The molecule has 1 aromatic carbocycles. The summed E-state index contributed by atoms with van der Waals surface area (Å²) in [7, 11) is 1.82. The summed E-state index contributed by atoms with van der Waals surface area (Å²) in [6.45, 7) is 7.15. The molecular formula is C15H27N3O2S. The molecule has 1 rings (SSSR count). The van der Waals surface area contributed by atoms with Crippen molar-refractivity contribution >= 4 is 10.0 Å². The fourth-order valence-corrected chi connectivity index (χ4v) is 2.79. The molecule has 0 aromatic heterocycles.